The summed E-state index contributed by atoms with van der Waals surface area (Å²) in [5.41, 5.74) is 0. The summed E-state index contributed by atoms with van der Waals surface area (Å²) < 4.78 is 5.65. The number of nitrogens with one attached hydrogen (secondary N) is 1. The molecule has 1 heterocycles. The van der Waals surface area contributed by atoms with Gasteiger partial charge in [-0.1, -0.05) is 20.8 Å². The highest BCUT2D eigenvalue weighted by atomic mass is 32.1. The molecule has 1 fully saturated rings. The van der Waals surface area contributed by atoms with Crippen LogP contribution in [0.4, 0.5) is 0 Å². The molecule has 0 saturated carbocycles. The van der Waals surface area contributed by atoms with Gasteiger partial charge in [-0.2, -0.15) is 12.6 Å². The Balaban J connectivity index is 0.000000673. The molecule has 2 N–H and O–H groups in total. The first kappa shape index (κ1) is 16.2. The van der Waals surface area contributed by atoms with Crippen molar-refractivity contribution in [3.8, 4) is 0 Å². The predicted octanol–water partition coefficient (Wildman–Crippen LogP) is 2.05. The Labute approximate surface area is 105 Å². The van der Waals surface area contributed by atoms with Crippen LogP contribution in [-0.4, -0.2) is 35.8 Å². The van der Waals surface area contributed by atoms with E-state index in [4.69, 9.17) is 4.74 Å². The maximum atomic E-state index is 9.54. The van der Waals surface area contributed by atoms with Gasteiger partial charge in [0.25, 0.3) is 0 Å². The Hall–Kier alpha value is 0.230. The van der Waals surface area contributed by atoms with Gasteiger partial charge in [0.2, 0.25) is 0 Å². The molecule has 0 radical (unpaired) electrons. The lowest BCUT2D eigenvalue weighted by Gasteiger charge is -2.37. The molecule has 0 bridgehead atoms. The second-order valence-corrected chi connectivity index (χ2v) is 4.94. The van der Waals surface area contributed by atoms with E-state index in [1.54, 1.807) is 0 Å². The molecule has 1 saturated heterocycles. The summed E-state index contributed by atoms with van der Waals surface area (Å²) in [5.74, 6) is 1.35. The molecule has 1 rings (SSSR count). The third-order valence-electron chi connectivity index (χ3n) is 2.63. The smallest absolute Gasteiger partial charge is 0.111 e. The fourth-order valence-electron chi connectivity index (χ4n) is 1.69. The molecule has 3 nitrogen and oxygen atoms in total. The third-order valence-corrected chi connectivity index (χ3v) is 2.63. The predicted molar refractivity (Wildman–Crippen MR) is 71.9 cm³/mol. The lowest BCUT2D eigenvalue weighted by Crippen LogP contribution is -2.48. The molecule has 0 spiro atoms. The van der Waals surface area contributed by atoms with Crippen LogP contribution in [-0.2, 0) is 4.74 Å². The maximum absolute atomic E-state index is 9.54. The van der Waals surface area contributed by atoms with Gasteiger partial charge >= 0.3 is 0 Å². The van der Waals surface area contributed by atoms with Crippen LogP contribution in [0, 0.1) is 5.92 Å². The minimum absolute atomic E-state index is 0.0365. The van der Waals surface area contributed by atoms with Crippen molar-refractivity contribution in [2.75, 3.05) is 12.3 Å². The lowest BCUT2D eigenvalue weighted by molar-refractivity contribution is -0.144. The van der Waals surface area contributed by atoms with Gasteiger partial charge in [0, 0.05) is 0 Å². The maximum Gasteiger partial charge on any atom is 0.111 e. The van der Waals surface area contributed by atoms with Crippen molar-refractivity contribution in [3.05, 3.63) is 0 Å². The molecule has 0 aromatic carbocycles. The van der Waals surface area contributed by atoms with E-state index in [1.807, 2.05) is 13.8 Å². The van der Waals surface area contributed by atoms with Crippen molar-refractivity contribution in [1.29, 1.82) is 0 Å². The Bertz CT molecular complexity index is 169. The zero-order valence-corrected chi connectivity index (χ0v) is 11.8. The van der Waals surface area contributed by atoms with Gasteiger partial charge in [0.05, 0.1) is 12.2 Å². The first-order valence-electron chi connectivity index (χ1n) is 6.24. The molecular formula is C12H27NO2S. The minimum atomic E-state index is -0.297. The van der Waals surface area contributed by atoms with E-state index in [0.29, 0.717) is 5.92 Å². The quantitative estimate of drug-likeness (QED) is 0.671. The van der Waals surface area contributed by atoms with Crippen LogP contribution < -0.4 is 5.32 Å². The van der Waals surface area contributed by atoms with Gasteiger partial charge in [-0.05, 0) is 38.0 Å². The highest BCUT2D eigenvalue weighted by molar-refractivity contribution is 7.80. The SMILES string of the molecule is CCCNC1OC(C)C(O)CC1C.CCS. The summed E-state index contributed by atoms with van der Waals surface area (Å²) in [6.07, 6.45) is 1.74. The second-order valence-electron chi connectivity index (χ2n) is 4.31. The van der Waals surface area contributed by atoms with Crippen LogP contribution >= 0.6 is 12.6 Å². The van der Waals surface area contributed by atoms with Crippen molar-refractivity contribution in [2.24, 2.45) is 5.92 Å². The Morgan fingerprint density at radius 2 is 1.94 bits per heavy atom. The largest absolute Gasteiger partial charge is 0.390 e. The van der Waals surface area contributed by atoms with E-state index in [2.05, 4.69) is 31.8 Å². The highest BCUT2D eigenvalue weighted by Crippen LogP contribution is 2.23. The molecule has 4 atom stereocenters. The average molecular weight is 249 g/mol. The number of rotatable bonds is 3. The van der Waals surface area contributed by atoms with Crippen LogP contribution in [0.3, 0.4) is 0 Å². The summed E-state index contributed by atoms with van der Waals surface area (Å²) in [5, 5.41) is 12.9. The number of ether oxygens (including phenoxy) is 1. The van der Waals surface area contributed by atoms with Crippen molar-refractivity contribution < 1.29 is 9.84 Å². The van der Waals surface area contributed by atoms with Crippen LogP contribution in [0.5, 0.6) is 0 Å². The zero-order chi connectivity index (χ0) is 12.6. The topological polar surface area (TPSA) is 41.5 Å². The van der Waals surface area contributed by atoms with Crippen molar-refractivity contribution >= 4 is 12.6 Å². The second kappa shape index (κ2) is 9.28. The van der Waals surface area contributed by atoms with E-state index in [9.17, 15) is 5.11 Å². The van der Waals surface area contributed by atoms with E-state index < -0.39 is 0 Å². The molecule has 0 amide bonds. The third kappa shape index (κ3) is 6.09. The van der Waals surface area contributed by atoms with E-state index >= 15 is 0 Å². The number of aliphatic hydroxyl groups is 1. The number of aliphatic hydroxyl groups excluding tert-OH is 1. The standard InChI is InChI=1S/C10H21NO2.C2H6S/c1-4-5-11-10-7(2)6-9(12)8(3)13-10;1-2-3/h7-12H,4-6H2,1-3H3;3H,2H2,1H3. The van der Waals surface area contributed by atoms with Crippen LogP contribution in [0.2, 0.25) is 0 Å². The molecule has 0 aromatic heterocycles. The molecule has 4 unspecified atom stereocenters. The number of thiol groups is 1. The molecule has 4 heteroatoms. The highest BCUT2D eigenvalue weighted by Gasteiger charge is 2.31. The van der Waals surface area contributed by atoms with Crippen LogP contribution in [0.15, 0.2) is 0 Å². The summed E-state index contributed by atoms with van der Waals surface area (Å²) in [4.78, 5) is 0. The van der Waals surface area contributed by atoms with Crippen LogP contribution in [0.25, 0.3) is 0 Å². The summed E-state index contributed by atoms with van der Waals surface area (Å²) >= 11 is 3.79. The van der Waals surface area contributed by atoms with Gasteiger partial charge < -0.3 is 9.84 Å². The normalized spacial score (nSPS) is 34.1. The zero-order valence-electron chi connectivity index (χ0n) is 10.9. The Morgan fingerprint density at radius 3 is 2.44 bits per heavy atom. The minimum Gasteiger partial charge on any atom is -0.390 e. The average Bonchev–Trinajstić information content (AvgIpc) is 2.23. The van der Waals surface area contributed by atoms with Crippen molar-refractivity contribution in [2.45, 2.75) is 59.0 Å². The molecule has 98 valence electrons. The Morgan fingerprint density at radius 1 is 1.38 bits per heavy atom. The fraction of sp³-hybridized carbons (Fsp3) is 1.00. The van der Waals surface area contributed by atoms with E-state index in [0.717, 1.165) is 25.1 Å². The van der Waals surface area contributed by atoms with Gasteiger partial charge in [0.1, 0.15) is 6.23 Å². The molecule has 1 aliphatic heterocycles. The number of hydrogen-bond acceptors (Lipinski definition) is 4. The van der Waals surface area contributed by atoms with Gasteiger partial charge in [-0.15, -0.1) is 0 Å². The molecule has 0 aliphatic carbocycles. The van der Waals surface area contributed by atoms with Gasteiger partial charge in [0.15, 0.2) is 0 Å². The monoisotopic (exact) mass is 249 g/mol. The summed E-state index contributed by atoms with van der Waals surface area (Å²) in [6, 6.07) is 0. The number of hydrogen-bond donors (Lipinski definition) is 3. The summed E-state index contributed by atoms with van der Waals surface area (Å²) in [7, 11) is 0. The van der Waals surface area contributed by atoms with Crippen LogP contribution in [0.1, 0.15) is 40.5 Å². The summed E-state index contributed by atoms with van der Waals surface area (Å²) in [6.45, 7) is 9.15. The first-order valence-corrected chi connectivity index (χ1v) is 6.87. The van der Waals surface area contributed by atoms with Crippen molar-refractivity contribution in [3.63, 3.8) is 0 Å². The van der Waals surface area contributed by atoms with Gasteiger partial charge in [-0.3, -0.25) is 5.32 Å². The van der Waals surface area contributed by atoms with E-state index in [1.165, 1.54) is 0 Å². The molecule has 1 aliphatic rings. The molecule has 16 heavy (non-hydrogen) atoms. The molecular weight excluding hydrogens is 222 g/mol. The van der Waals surface area contributed by atoms with E-state index in [-0.39, 0.29) is 18.4 Å². The fourth-order valence-corrected chi connectivity index (χ4v) is 1.69. The lowest BCUT2D eigenvalue weighted by atomic mass is 9.95. The van der Waals surface area contributed by atoms with Gasteiger partial charge in [-0.25, -0.2) is 0 Å². The van der Waals surface area contributed by atoms with Crippen molar-refractivity contribution in [1.82, 2.24) is 5.32 Å². The molecule has 0 aromatic rings. The Kier molecular flexibility index (Phi) is 9.41. The first-order chi connectivity index (χ1) is 7.56.